The van der Waals surface area contributed by atoms with Gasteiger partial charge in [-0.1, -0.05) is 41.6 Å². The highest BCUT2D eigenvalue weighted by Gasteiger charge is 2.23. The van der Waals surface area contributed by atoms with Gasteiger partial charge in [0, 0.05) is 41.5 Å². The van der Waals surface area contributed by atoms with E-state index in [9.17, 15) is 0 Å². The zero-order valence-electron chi connectivity index (χ0n) is 15.3. The van der Waals surface area contributed by atoms with Crippen LogP contribution in [-0.2, 0) is 6.42 Å². The van der Waals surface area contributed by atoms with Gasteiger partial charge in [0.15, 0.2) is 5.58 Å². The Morgan fingerprint density at radius 1 is 1.04 bits per heavy atom. The van der Waals surface area contributed by atoms with Crippen molar-refractivity contribution in [1.82, 2.24) is 15.0 Å². The molecule has 136 valence electrons. The van der Waals surface area contributed by atoms with Crippen LogP contribution in [0.2, 0.25) is 0 Å². The number of aromatic nitrogens is 2. The average Bonchev–Trinajstić information content (AvgIpc) is 3.33. The summed E-state index contributed by atoms with van der Waals surface area (Å²) in [7, 11) is 0. The Morgan fingerprint density at radius 2 is 1.81 bits per heavy atom. The van der Waals surface area contributed by atoms with Crippen molar-refractivity contribution in [1.29, 1.82) is 0 Å². The smallest absolute Gasteiger partial charge is 0.167 e. The van der Waals surface area contributed by atoms with Gasteiger partial charge in [-0.2, -0.15) is 0 Å². The molecule has 0 radical (unpaired) electrons. The fourth-order valence-corrected chi connectivity index (χ4v) is 4.15. The monoisotopic (exact) mass is 357 g/mol. The highest BCUT2D eigenvalue weighted by Crippen LogP contribution is 2.32. The molecule has 1 fully saturated rings. The van der Waals surface area contributed by atoms with Crippen LogP contribution in [0.5, 0.6) is 0 Å². The summed E-state index contributed by atoms with van der Waals surface area (Å²) in [5, 5.41) is 6.84. The minimum atomic E-state index is 0.493. The second-order valence-corrected chi connectivity index (χ2v) is 7.32. The molecule has 5 rings (SSSR count). The molecule has 0 amide bonds. The zero-order chi connectivity index (χ0) is 18.1. The normalized spacial score (nSPS) is 16.1. The van der Waals surface area contributed by atoms with Crippen molar-refractivity contribution in [2.45, 2.75) is 25.2 Å². The van der Waals surface area contributed by atoms with E-state index < -0.39 is 0 Å². The van der Waals surface area contributed by atoms with Gasteiger partial charge in [-0.25, -0.2) is 0 Å². The Kier molecular flexibility index (Phi) is 4.17. The Balaban J connectivity index is 1.21. The summed E-state index contributed by atoms with van der Waals surface area (Å²) in [6, 6.07) is 16.7. The van der Waals surface area contributed by atoms with Crippen LogP contribution in [0.25, 0.3) is 21.9 Å². The lowest BCUT2D eigenvalue weighted by Crippen LogP contribution is -2.28. The molecule has 0 unspecified atom stereocenters. The number of rotatable bonds is 4. The van der Waals surface area contributed by atoms with Crippen molar-refractivity contribution >= 4 is 21.9 Å². The highest BCUT2D eigenvalue weighted by molar-refractivity contribution is 5.83. The number of hydrogen-bond acceptors (Lipinski definition) is 3. The van der Waals surface area contributed by atoms with Crippen molar-refractivity contribution < 1.29 is 4.52 Å². The number of nitrogens with zero attached hydrogens (tertiary/aromatic N) is 2. The molecule has 1 aliphatic rings. The quantitative estimate of drug-likeness (QED) is 0.543. The van der Waals surface area contributed by atoms with Crippen molar-refractivity contribution in [3.8, 4) is 0 Å². The number of hydrogen-bond donors (Lipinski definition) is 1. The van der Waals surface area contributed by atoms with E-state index in [0.717, 1.165) is 43.6 Å². The molecular weight excluding hydrogens is 334 g/mol. The molecule has 1 N–H and O–H groups in total. The van der Waals surface area contributed by atoms with Crippen molar-refractivity contribution in [2.24, 2.45) is 0 Å². The fraction of sp³-hybridized carbons (Fsp3) is 0.261. The number of piperidine rings is 1. The first-order chi connectivity index (χ1) is 13.4. The molecule has 4 aromatic rings. The van der Waals surface area contributed by atoms with E-state index in [4.69, 9.17) is 4.52 Å². The Hall–Kier alpha value is -3.01. The molecule has 4 heteroatoms. The number of nitrogens with one attached hydrogen (secondary N) is 1. The number of allylic oxidation sites excluding steroid dienone is 1. The van der Waals surface area contributed by atoms with Crippen LogP contribution in [0.1, 0.15) is 30.0 Å². The van der Waals surface area contributed by atoms with E-state index in [1.807, 2.05) is 12.1 Å². The molecule has 1 saturated heterocycles. The predicted octanol–water partition coefficient (Wildman–Crippen LogP) is 5.24. The van der Waals surface area contributed by atoms with E-state index in [0.29, 0.717) is 5.92 Å². The lowest BCUT2D eigenvalue weighted by Gasteiger charge is -2.30. The van der Waals surface area contributed by atoms with Crippen LogP contribution in [0.15, 0.2) is 71.5 Å². The molecule has 0 spiro atoms. The standard InChI is InChI=1S/C23H23N3O/c1-3-9-21-19(7-1)18(16-24-21)6-5-13-26-14-11-17(12-15-26)23-20-8-2-4-10-22(20)27-25-23/h1-5,7-10,13,16-17,24H,6,11-12,14-15H2. The van der Waals surface area contributed by atoms with Gasteiger partial charge in [-0.3, -0.25) is 0 Å². The molecular formula is C23H23N3O. The number of aromatic amines is 1. The van der Waals surface area contributed by atoms with Gasteiger partial charge in [-0.15, -0.1) is 0 Å². The Bertz CT molecular complexity index is 1080. The maximum Gasteiger partial charge on any atom is 0.167 e. The predicted molar refractivity (Wildman–Crippen MR) is 109 cm³/mol. The Labute approximate surface area is 158 Å². The maximum absolute atomic E-state index is 5.49. The molecule has 0 bridgehead atoms. The molecule has 2 aromatic carbocycles. The summed E-state index contributed by atoms with van der Waals surface area (Å²) in [5.74, 6) is 0.493. The lowest BCUT2D eigenvalue weighted by molar-refractivity contribution is 0.277. The van der Waals surface area contributed by atoms with E-state index >= 15 is 0 Å². The summed E-state index contributed by atoms with van der Waals surface area (Å²) in [4.78, 5) is 5.77. The second kappa shape index (κ2) is 6.95. The summed E-state index contributed by atoms with van der Waals surface area (Å²) in [5.41, 5.74) is 4.59. The van der Waals surface area contributed by atoms with Crippen LogP contribution in [0.4, 0.5) is 0 Å². The van der Waals surface area contributed by atoms with Gasteiger partial charge >= 0.3 is 0 Å². The van der Waals surface area contributed by atoms with Gasteiger partial charge < -0.3 is 14.4 Å². The van der Waals surface area contributed by atoms with E-state index in [1.165, 1.54) is 21.9 Å². The van der Waals surface area contributed by atoms with Crippen molar-refractivity contribution in [3.05, 3.63) is 78.3 Å². The number of benzene rings is 2. The third-order valence-electron chi connectivity index (χ3n) is 5.65. The van der Waals surface area contributed by atoms with Crippen LogP contribution >= 0.6 is 0 Å². The summed E-state index contributed by atoms with van der Waals surface area (Å²) < 4.78 is 5.49. The molecule has 4 nitrogen and oxygen atoms in total. The van der Waals surface area contributed by atoms with Crippen molar-refractivity contribution in [2.75, 3.05) is 13.1 Å². The maximum atomic E-state index is 5.49. The second-order valence-electron chi connectivity index (χ2n) is 7.32. The van der Waals surface area contributed by atoms with E-state index in [1.54, 1.807) is 0 Å². The van der Waals surface area contributed by atoms with Gasteiger partial charge in [0.05, 0.1) is 5.69 Å². The largest absolute Gasteiger partial charge is 0.378 e. The molecule has 1 aliphatic heterocycles. The minimum Gasteiger partial charge on any atom is -0.378 e. The third kappa shape index (κ3) is 3.12. The SMILES string of the molecule is C(=CN1CCC(c2noc3ccccc23)CC1)Cc1c[nH]c2ccccc12. The summed E-state index contributed by atoms with van der Waals surface area (Å²) >= 11 is 0. The molecule has 2 aromatic heterocycles. The number of fused-ring (bicyclic) bond motifs is 2. The first-order valence-electron chi connectivity index (χ1n) is 9.68. The fourth-order valence-electron chi connectivity index (χ4n) is 4.15. The third-order valence-corrected chi connectivity index (χ3v) is 5.65. The van der Waals surface area contributed by atoms with Crippen LogP contribution in [0, 0.1) is 0 Å². The summed E-state index contributed by atoms with van der Waals surface area (Å²) in [6.07, 6.45) is 9.86. The molecule has 0 atom stereocenters. The topological polar surface area (TPSA) is 45.1 Å². The van der Waals surface area contributed by atoms with E-state index in [2.05, 4.69) is 69.9 Å². The molecule has 27 heavy (non-hydrogen) atoms. The van der Waals surface area contributed by atoms with Gasteiger partial charge in [0.1, 0.15) is 0 Å². The molecule has 0 saturated carbocycles. The van der Waals surface area contributed by atoms with Crippen LogP contribution < -0.4 is 0 Å². The molecule has 0 aliphatic carbocycles. The first-order valence-corrected chi connectivity index (χ1v) is 9.68. The van der Waals surface area contributed by atoms with Crippen LogP contribution in [-0.4, -0.2) is 28.1 Å². The van der Waals surface area contributed by atoms with Gasteiger partial charge in [-0.05, 0) is 49.2 Å². The minimum absolute atomic E-state index is 0.493. The van der Waals surface area contributed by atoms with Crippen LogP contribution in [0.3, 0.4) is 0 Å². The van der Waals surface area contributed by atoms with Gasteiger partial charge in [0.2, 0.25) is 0 Å². The van der Waals surface area contributed by atoms with Crippen molar-refractivity contribution in [3.63, 3.8) is 0 Å². The van der Waals surface area contributed by atoms with Gasteiger partial charge in [0.25, 0.3) is 0 Å². The first kappa shape index (κ1) is 16.2. The average molecular weight is 357 g/mol. The summed E-state index contributed by atoms with van der Waals surface area (Å²) in [6.45, 7) is 2.13. The lowest BCUT2D eigenvalue weighted by atomic mass is 9.92. The zero-order valence-corrected chi connectivity index (χ0v) is 15.3. The number of H-pyrrole nitrogens is 1. The number of likely N-dealkylation sites (tertiary alicyclic amines) is 1. The van der Waals surface area contributed by atoms with E-state index in [-0.39, 0.29) is 0 Å². The molecule has 3 heterocycles. The highest BCUT2D eigenvalue weighted by atomic mass is 16.5. The Morgan fingerprint density at radius 3 is 2.70 bits per heavy atom. The number of para-hydroxylation sites is 2.